The van der Waals surface area contributed by atoms with Gasteiger partial charge in [0.2, 0.25) is 5.91 Å². The molecule has 0 atom stereocenters. The molecule has 0 radical (unpaired) electrons. The summed E-state index contributed by atoms with van der Waals surface area (Å²) in [6, 6.07) is 0.332. The van der Waals surface area contributed by atoms with Gasteiger partial charge >= 0.3 is 5.97 Å². The van der Waals surface area contributed by atoms with E-state index in [2.05, 4.69) is 6.58 Å². The molecule has 0 saturated heterocycles. The van der Waals surface area contributed by atoms with E-state index in [1.807, 2.05) is 4.90 Å². The summed E-state index contributed by atoms with van der Waals surface area (Å²) < 4.78 is 0. The molecule has 4 nitrogen and oxygen atoms in total. The number of hydrogen-bond acceptors (Lipinski definition) is 2. The summed E-state index contributed by atoms with van der Waals surface area (Å²) in [5, 5.41) is 9.16. The minimum absolute atomic E-state index is 0.130. The highest BCUT2D eigenvalue weighted by atomic mass is 16.4. The monoisotopic (exact) mass is 293 g/mol. The van der Waals surface area contributed by atoms with Crippen molar-refractivity contribution in [2.24, 2.45) is 5.41 Å². The minimum Gasteiger partial charge on any atom is -0.481 e. The average Bonchev–Trinajstić information content (AvgIpc) is 3.06. The Labute approximate surface area is 127 Å². The number of carboxylic acid groups (broad SMARTS) is 1. The van der Waals surface area contributed by atoms with Gasteiger partial charge in [-0.15, -0.1) is 6.58 Å². The predicted molar refractivity (Wildman–Crippen MR) is 81.9 cm³/mol. The molecule has 2 aliphatic rings. The van der Waals surface area contributed by atoms with Crippen LogP contribution < -0.4 is 0 Å². The molecule has 0 unspecified atom stereocenters. The molecule has 2 rings (SSSR count). The zero-order chi connectivity index (χ0) is 15.3. The van der Waals surface area contributed by atoms with Crippen LogP contribution in [0.2, 0.25) is 0 Å². The van der Waals surface area contributed by atoms with Crippen LogP contribution in [0.1, 0.15) is 64.2 Å². The van der Waals surface area contributed by atoms with Gasteiger partial charge in [-0.05, 0) is 31.1 Å². The van der Waals surface area contributed by atoms with Gasteiger partial charge in [0.1, 0.15) is 0 Å². The lowest BCUT2D eigenvalue weighted by Gasteiger charge is -2.33. The second-order valence-electron chi connectivity index (χ2n) is 6.73. The number of rotatable bonds is 7. The molecule has 21 heavy (non-hydrogen) atoms. The van der Waals surface area contributed by atoms with Gasteiger partial charge in [0.05, 0.1) is 6.42 Å². The number of carbonyl (C=O) groups excluding carboxylic acids is 1. The van der Waals surface area contributed by atoms with E-state index in [-0.39, 0.29) is 17.7 Å². The van der Waals surface area contributed by atoms with Gasteiger partial charge in [-0.25, -0.2) is 0 Å². The molecule has 0 spiro atoms. The number of carbonyl (C=O) groups is 2. The Hall–Kier alpha value is -1.32. The van der Waals surface area contributed by atoms with Crippen LogP contribution in [0.4, 0.5) is 0 Å². The van der Waals surface area contributed by atoms with Gasteiger partial charge in [-0.1, -0.05) is 31.8 Å². The van der Waals surface area contributed by atoms with Crippen LogP contribution in [0.3, 0.4) is 0 Å². The Kier molecular flexibility index (Phi) is 5.43. The first-order chi connectivity index (χ1) is 10.1. The highest BCUT2D eigenvalue weighted by Gasteiger charge is 2.40. The summed E-state index contributed by atoms with van der Waals surface area (Å²) in [4.78, 5) is 25.8. The number of amides is 1. The lowest BCUT2D eigenvalue weighted by atomic mass is 9.79. The van der Waals surface area contributed by atoms with Crippen LogP contribution in [0, 0.1) is 5.41 Å². The molecular formula is C17H27NO3. The maximum absolute atomic E-state index is 12.7. The van der Waals surface area contributed by atoms with E-state index in [4.69, 9.17) is 5.11 Å². The van der Waals surface area contributed by atoms with Crippen LogP contribution in [0.25, 0.3) is 0 Å². The Bertz CT molecular complexity index is 393. The van der Waals surface area contributed by atoms with E-state index in [9.17, 15) is 9.59 Å². The van der Waals surface area contributed by atoms with Crippen LogP contribution >= 0.6 is 0 Å². The molecule has 2 saturated carbocycles. The predicted octanol–water partition coefficient (Wildman–Crippen LogP) is 3.37. The first-order valence-electron chi connectivity index (χ1n) is 8.18. The minimum atomic E-state index is -0.777. The molecule has 0 aliphatic heterocycles. The number of hydrogen-bond donors (Lipinski definition) is 1. The van der Waals surface area contributed by atoms with Crippen molar-refractivity contribution in [2.45, 2.75) is 70.3 Å². The van der Waals surface area contributed by atoms with Crippen LogP contribution in [0.15, 0.2) is 12.7 Å². The van der Waals surface area contributed by atoms with Gasteiger partial charge in [0.15, 0.2) is 0 Å². The summed E-state index contributed by atoms with van der Waals surface area (Å²) in [6.45, 7) is 4.35. The molecule has 0 aromatic heterocycles. The van der Waals surface area contributed by atoms with Crippen molar-refractivity contribution in [3.63, 3.8) is 0 Å². The Morgan fingerprint density at radius 3 is 2.29 bits per heavy atom. The van der Waals surface area contributed by atoms with E-state index >= 15 is 0 Å². The standard InChI is InChI=1S/C17H27NO3/c1-2-11-18(14-7-3-4-8-14)15(19)12-17(13-16(20)21)9-5-6-10-17/h2,14H,1,3-13H2,(H,20,21). The van der Waals surface area contributed by atoms with Gasteiger partial charge in [0.25, 0.3) is 0 Å². The molecule has 118 valence electrons. The van der Waals surface area contributed by atoms with Gasteiger partial charge in [-0.3, -0.25) is 9.59 Å². The van der Waals surface area contributed by atoms with Crippen molar-refractivity contribution < 1.29 is 14.7 Å². The van der Waals surface area contributed by atoms with Crippen molar-refractivity contribution in [1.29, 1.82) is 0 Å². The van der Waals surface area contributed by atoms with E-state index in [0.29, 0.717) is 19.0 Å². The van der Waals surface area contributed by atoms with E-state index in [1.165, 1.54) is 12.8 Å². The zero-order valence-corrected chi connectivity index (χ0v) is 12.9. The summed E-state index contributed by atoms with van der Waals surface area (Å²) in [7, 11) is 0. The lowest BCUT2D eigenvalue weighted by molar-refractivity contribution is -0.142. The maximum atomic E-state index is 12.7. The Morgan fingerprint density at radius 2 is 1.76 bits per heavy atom. The van der Waals surface area contributed by atoms with Gasteiger partial charge < -0.3 is 10.0 Å². The highest BCUT2D eigenvalue weighted by Crippen LogP contribution is 2.44. The first kappa shape index (κ1) is 16.1. The molecule has 0 heterocycles. The zero-order valence-electron chi connectivity index (χ0n) is 12.9. The molecule has 1 N–H and O–H groups in total. The maximum Gasteiger partial charge on any atom is 0.303 e. The average molecular weight is 293 g/mol. The molecule has 0 aromatic rings. The molecule has 2 fully saturated rings. The van der Waals surface area contributed by atoms with Crippen LogP contribution in [-0.2, 0) is 9.59 Å². The third-order valence-electron chi connectivity index (χ3n) is 5.13. The Balaban J connectivity index is 2.04. The van der Waals surface area contributed by atoms with Crippen molar-refractivity contribution in [2.75, 3.05) is 6.54 Å². The highest BCUT2D eigenvalue weighted by molar-refractivity contribution is 5.79. The molecule has 0 aromatic carbocycles. The summed E-state index contributed by atoms with van der Waals surface area (Å²) in [6.07, 6.45) is 10.7. The largest absolute Gasteiger partial charge is 0.481 e. The molecule has 2 aliphatic carbocycles. The third kappa shape index (κ3) is 4.08. The number of aliphatic carboxylic acids is 1. The number of carboxylic acids is 1. The van der Waals surface area contributed by atoms with Crippen molar-refractivity contribution in [3.05, 3.63) is 12.7 Å². The fourth-order valence-corrected chi connectivity index (χ4v) is 4.09. The van der Waals surface area contributed by atoms with E-state index < -0.39 is 5.97 Å². The van der Waals surface area contributed by atoms with Crippen LogP contribution in [-0.4, -0.2) is 34.5 Å². The molecular weight excluding hydrogens is 266 g/mol. The molecule has 4 heteroatoms. The van der Waals surface area contributed by atoms with Crippen molar-refractivity contribution in [3.8, 4) is 0 Å². The summed E-state index contributed by atoms with van der Waals surface area (Å²) in [5.41, 5.74) is -0.305. The summed E-state index contributed by atoms with van der Waals surface area (Å²) in [5.74, 6) is -0.647. The quantitative estimate of drug-likeness (QED) is 0.732. The Morgan fingerprint density at radius 1 is 1.14 bits per heavy atom. The topological polar surface area (TPSA) is 57.6 Å². The third-order valence-corrected chi connectivity index (χ3v) is 5.13. The normalized spacial score (nSPS) is 21.3. The summed E-state index contributed by atoms with van der Waals surface area (Å²) >= 11 is 0. The second kappa shape index (κ2) is 7.10. The molecule has 0 bridgehead atoms. The van der Waals surface area contributed by atoms with E-state index in [0.717, 1.165) is 38.5 Å². The van der Waals surface area contributed by atoms with Gasteiger partial charge in [0, 0.05) is 19.0 Å². The fraction of sp³-hybridized carbons (Fsp3) is 0.765. The van der Waals surface area contributed by atoms with Crippen molar-refractivity contribution in [1.82, 2.24) is 4.90 Å². The molecule has 1 amide bonds. The second-order valence-corrected chi connectivity index (χ2v) is 6.73. The fourth-order valence-electron chi connectivity index (χ4n) is 4.09. The number of nitrogens with zero attached hydrogens (tertiary/aromatic N) is 1. The van der Waals surface area contributed by atoms with Crippen molar-refractivity contribution >= 4 is 11.9 Å². The van der Waals surface area contributed by atoms with Crippen LogP contribution in [0.5, 0.6) is 0 Å². The van der Waals surface area contributed by atoms with E-state index in [1.54, 1.807) is 6.08 Å². The first-order valence-corrected chi connectivity index (χ1v) is 8.18. The lowest BCUT2D eigenvalue weighted by Crippen LogP contribution is -2.41. The SMILES string of the molecule is C=CCN(C(=O)CC1(CC(=O)O)CCCC1)C1CCCC1. The van der Waals surface area contributed by atoms with Gasteiger partial charge in [-0.2, -0.15) is 0 Å². The smallest absolute Gasteiger partial charge is 0.303 e.